The van der Waals surface area contributed by atoms with Crippen molar-refractivity contribution in [3.8, 4) is 22.4 Å². The van der Waals surface area contributed by atoms with E-state index in [1.807, 2.05) is 30.5 Å². The number of hydrogen-bond acceptors (Lipinski definition) is 5. The van der Waals surface area contributed by atoms with Gasteiger partial charge in [-0.2, -0.15) is 9.61 Å². The standard InChI is InChI=1S/C28H25N5O/c29-27(16-28(34,17-27)22-10-11-22)21-8-6-19(7-9-21)25-23(18-4-2-1-3-5-18)14-20-15-30-24-12-13-31-33(24)26(20)32-25/h1-9,12-15,22,34H,10-11,16-17,29H2. The third-order valence-electron chi connectivity index (χ3n) is 7.59. The summed E-state index contributed by atoms with van der Waals surface area (Å²) < 4.78 is 1.78. The summed E-state index contributed by atoms with van der Waals surface area (Å²) >= 11 is 0. The van der Waals surface area contributed by atoms with E-state index in [2.05, 4.69) is 52.5 Å². The van der Waals surface area contributed by atoms with Crippen LogP contribution in [0.3, 0.4) is 0 Å². The third kappa shape index (κ3) is 2.99. The van der Waals surface area contributed by atoms with Crippen molar-refractivity contribution >= 4 is 16.7 Å². The predicted molar refractivity (Wildman–Crippen MR) is 132 cm³/mol. The van der Waals surface area contributed by atoms with Gasteiger partial charge in [-0.15, -0.1) is 0 Å². The molecule has 0 aliphatic heterocycles. The minimum Gasteiger partial charge on any atom is -0.389 e. The molecular weight excluding hydrogens is 422 g/mol. The van der Waals surface area contributed by atoms with E-state index in [0.29, 0.717) is 18.8 Å². The van der Waals surface area contributed by atoms with Gasteiger partial charge in [-0.25, -0.2) is 9.97 Å². The monoisotopic (exact) mass is 447 g/mol. The number of pyridine rings is 1. The van der Waals surface area contributed by atoms with Crippen LogP contribution in [-0.4, -0.2) is 30.3 Å². The van der Waals surface area contributed by atoms with Gasteiger partial charge in [0.25, 0.3) is 0 Å². The van der Waals surface area contributed by atoms with Crippen molar-refractivity contribution in [1.29, 1.82) is 0 Å². The van der Waals surface area contributed by atoms with E-state index in [0.717, 1.165) is 57.5 Å². The quantitative estimate of drug-likeness (QED) is 0.417. The van der Waals surface area contributed by atoms with Gasteiger partial charge >= 0.3 is 0 Å². The van der Waals surface area contributed by atoms with Crippen LogP contribution in [0.5, 0.6) is 0 Å². The molecular formula is C28H25N5O. The fourth-order valence-corrected chi connectivity index (χ4v) is 5.65. The van der Waals surface area contributed by atoms with E-state index in [-0.39, 0.29) is 0 Å². The van der Waals surface area contributed by atoms with Crippen LogP contribution in [0, 0.1) is 5.92 Å². The van der Waals surface area contributed by atoms with Crippen molar-refractivity contribution in [3.63, 3.8) is 0 Å². The van der Waals surface area contributed by atoms with Crippen molar-refractivity contribution in [3.05, 3.63) is 84.7 Å². The highest BCUT2D eigenvalue weighted by Gasteiger charge is 2.58. The lowest BCUT2D eigenvalue weighted by Crippen LogP contribution is -2.60. The predicted octanol–water partition coefficient (Wildman–Crippen LogP) is 4.70. The zero-order valence-electron chi connectivity index (χ0n) is 18.7. The lowest BCUT2D eigenvalue weighted by Gasteiger charge is -2.52. The van der Waals surface area contributed by atoms with Gasteiger partial charge in [-0.1, -0.05) is 54.6 Å². The van der Waals surface area contributed by atoms with Gasteiger partial charge in [0.2, 0.25) is 0 Å². The topological polar surface area (TPSA) is 89.3 Å². The molecule has 34 heavy (non-hydrogen) atoms. The molecule has 0 bridgehead atoms. The summed E-state index contributed by atoms with van der Waals surface area (Å²) in [7, 11) is 0. The SMILES string of the molecule is NC1(c2ccc(-c3nc4c(cnc5ccnn54)cc3-c3ccccc3)cc2)CC(O)(C2CC2)C1. The van der Waals surface area contributed by atoms with Crippen molar-refractivity contribution in [2.24, 2.45) is 11.7 Å². The van der Waals surface area contributed by atoms with E-state index >= 15 is 0 Å². The molecule has 0 unspecified atom stereocenters. The number of fused-ring (bicyclic) bond motifs is 3. The van der Waals surface area contributed by atoms with Crippen molar-refractivity contribution in [2.45, 2.75) is 36.8 Å². The first-order valence-corrected chi connectivity index (χ1v) is 11.8. The molecule has 3 N–H and O–H groups in total. The largest absolute Gasteiger partial charge is 0.389 e. The smallest absolute Gasteiger partial charge is 0.165 e. The van der Waals surface area contributed by atoms with Crippen LogP contribution in [0.1, 0.15) is 31.2 Å². The highest BCUT2D eigenvalue weighted by molar-refractivity contribution is 5.90. The Kier molecular flexibility index (Phi) is 4.05. The molecule has 2 aromatic carbocycles. The number of aromatic nitrogens is 4. The summed E-state index contributed by atoms with van der Waals surface area (Å²) in [6.07, 6.45) is 7.12. The fourth-order valence-electron chi connectivity index (χ4n) is 5.65. The molecule has 5 aromatic rings. The molecule has 168 valence electrons. The van der Waals surface area contributed by atoms with Crippen LogP contribution in [0.2, 0.25) is 0 Å². The minimum atomic E-state index is -0.572. The maximum absolute atomic E-state index is 10.8. The van der Waals surface area contributed by atoms with E-state index in [1.165, 1.54) is 0 Å². The van der Waals surface area contributed by atoms with E-state index in [1.54, 1.807) is 10.7 Å². The second kappa shape index (κ2) is 6.95. The Morgan fingerprint density at radius 2 is 1.71 bits per heavy atom. The van der Waals surface area contributed by atoms with Crippen LogP contribution in [0.25, 0.3) is 39.1 Å². The van der Waals surface area contributed by atoms with Crippen molar-refractivity contribution in [2.75, 3.05) is 0 Å². The second-order valence-corrected chi connectivity index (χ2v) is 9.99. The Balaban J connectivity index is 1.34. The number of hydrogen-bond donors (Lipinski definition) is 2. The van der Waals surface area contributed by atoms with Crippen LogP contribution < -0.4 is 5.73 Å². The highest BCUT2D eigenvalue weighted by atomic mass is 16.3. The second-order valence-electron chi connectivity index (χ2n) is 9.99. The van der Waals surface area contributed by atoms with Crippen molar-refractivity contribution in [1.82, 2.24) is 19.6 Å². The molecule has 0 amide bonds. The Labute approximate surface area is 197 Å². The summed E-state index contributed by atoms with van der Waals surface area (Å²) in [6, 6.07) is 22.7. The van der Waals surface area contributed by atoms with Crippen LogP contribution >= 0.6 is 0 Å². The molecule has 2 fully saturated rings. The molecule has 3 heterocycles. The third-order valence-corrected chi connectivity index (χ3v) is 7.59. The number of aliphatic hydroxyl groups is 1. The molecule has 2 aliphatic rings. The molecule has 0 radical (unpaired) electrons. The Hall–Kier alpha value is -3.61. The molecule has 2 saturated carbocycles. The molecule has 7 rings (SSSR count). The molecule has 2 aliphatic carbocycles. The Morgan fingerprint density at radius 3 is 2.44 bits per heavy atom. The first kappa shape index (κ1) is 19.8. The number of rotatable bonds is 4. The Morgan fingerprint density at radius 1 is 0.941 bits per heavy atom. The van der Waals surface area contributed by atoms with Gasteiger partial charge in [-0.05, 0) is 48.8 Å². The number of nitrogens with two attached hydrogens (primary N) is 1. The van der Waals surface area contributed by atoms with Crippen molar-refractivity contribution < 1.29 is 5.11 Å². The summed E-state index contributed by atoms with van der Waals surface area (Å²) in [5.41, 5.74) is 12.3. The first-order chi connectivity index (χ1) is 16.5. The molecule has 6 nitrogen and oxygen atoms in total. The van der Waals surface area contributed by atoms with Gasteiger partial charge < -0.3 is 10.8 Å². The summed E-state index contributed by atoms with van der Waals surface area (Å²) in [4.78, 5) is 9.61. The Bertz CT molecular complexity index is 1530. The lowest BCUT2D eigenvalue weighted by molar-refractivity contribution is -0.106. The zero-order chi connectivity index (χ0) is 22.9. The van der Waals surface area contributed by atoms with Crippen LogP contribution in [0.15, 0.2) is 79.1 Å². The van der Waals surface area contributed by atoms with E-state index in [9.17, 15) is 5.11 Å². The maximum atomic E-state index is 10.8. The highest BCUT2D eigenvalue weighted by Crippen LogP contribution is 2.57. The minimum absolute atomic E-state index is 0.437. The average molecular weight is 448 g/mol. The van der Waals surface area contributed by atoms with Gasteiger partial charge in [0.1, 0.15) is 0 Å². The average Bonchev–Trinajstić information content (AvgIpc) is 3.60. The maximum Gasteiger partial charge on any atom is 0.165 e. The molecule has 0 spiro atoms. The summed E-state index contributed by atoms with van der Waals surface area (Å²) in [5.74, 6) is 0.437. The van der Waals surface area contributed by atoms with Crippen LogP contribution in [0.4, 0.5) is 0 Å². The van der Waals surface area contributed by atoms with Gasteiger partial charge in [0.05, 0.1) is 17.5 Å². The van der Waals surface area contributed by atoms with Gasteiger partial charge in [-0.3, -0.25) is 0 Å². The van der Waals surface area contributed by atoms with Crippen LogP contribution in [-0.2, 0) is 5.54 Å². The number of nitrogens with zero attached hydrogens (tertiary/aromatic N) is 4. The molecule has 0 saturated heterocycles. The van der Waals surface area contributed by atoms with Gasteiger partial charge in [0, 0.05) is 34.3 Å². The molecule has 3 aromatic heterocycles. The summed E-state index contributed by atoms with van der Waals surface area (Å²) in [6.45, 7) is 0. The van der Waals surface area contributed by atoms with E-state index in [4.69, 9.17) is 10.7 Å². The first-order valence-electron chi connectivity index (χ1n) is 11.8. The number of benzene rings is 2. The molecule has 0 atom stereocenters. The zero-order valence-corrected chi connectivity index (χ0v) is 18.7. The van der Waals surface area contributed by atoms with Gasteiger partial charge in [0.15, 0.2) is 11.3 Å². The fraction of sp³-hybridized carbons (Fsp3) is 0.250. The summed E-state index contributed by atoms with van der Waals surface area (Å²) in [5, 5.41) is 16.2. The lowest BCUT2D eigenvalue weighted by atomic mass is 9.60. The normalized spacial score (nSPS) is 24.4. The molecule has 6 heteroatoms. The van der Waals surface area contributed by atoms with E-state index < -0.39 is 11.1 Å².